The number of rotatable bonds is 8. The maximum absolute atomic E-state index is 12.6. The third-order valence-electron chi connectivity index (χ3n) is 4.39. The van der Waals surface area contributed by atoms with Gasteiger partial charge in [0.05, 0.1) is 16.9 Å². The smallest absolute Gasteiger partial charge is 0.289 e. The van der Waals surface area contributed by atoms with E-state index in [1.54, 1.807) is 25.2 Å². The summed E-state index contributed by atoms with van der Waals surface area (Å²) < 4.78 is 30.4. The molecule has 0 aliphatic carbocycles. The molecule has 0 spiro atoms. The number of nitrogens with two attached hydrogens (primary N) is 1. The minimum Gasteiger partial charge on any atom is -0.459 e. The Morgan fingerprint density at radius 1 is 1.19 bits per heavy atom. The van der Waals surface area contributed by atoms with Crippen molar-refractivity contribution < 1.29 is 17.6 Å². The molecule has 26 heavy (non-hydrogen) atoms. The molecule has 2 rings (SSSR count). The van der Waals surface area contributed by atoms with Gasteiger partial charge in [0.1, 0.15) is 0 Å². The molecule has 1 unspecified atom stereocenters. The summed E-state index contributed by atoms with van der Waals surface area (Å²) in [6, 6.07) is 9.69. The Balaban J connectivity index is 2.11. The van der Waals surface area contributed by atoms with Gasteiger partial charge < -0.3 is 15.1 Å². The van der Waals surface area contributed by atoms with Crippen LogP contribution in [0.1, 0.15) is 36.4 Å². The number of amides is 1. The minimum atomic E-state index is -3.55. The van der Waals surface area contributed by atoms with E-state index in [2.05, 4.69) is 0 Å². The number of hydrogen-bond donors (Lipinski definition) is 1. The largest absolute Gasteiger partial charge is 0.459 e. The second kappa shape index (κ2) is 8.51. The zero-order valence-corrected chi connectivity index (χ0v) is 16.2. The van der Waals surface area contributed by atoms with Crippen LogP contribution in [0.3, 0.4) is 0 Å². The number of sulfone groups is 1. The van der Waals surface area contributed by atoms with Crippen molar-refractivity contribution in [3.05, 3.63) is 54.0 Å². The normalized spacial score (nSPS) is 13.0. The molecule has 1 amide bonds. The first-order valence-electron chi connectivity index (χ1n) is 8.57. The summed E-state index contributed by atoms with van der Waals surface area (Å²) in [5.41, 5.74) is 6.38. The van der Waals surface area contributed by atoms with Gasteiger partial charge in [-0.2, -0.15) is 0 Å². The first kappa shape index (κ1) is 20.2. The van der Waals surface area contributed by atoms with Crippen LogP contribution in [0.15, 0.2) is 52.0 Å². The molecule has 142 valence electrons. The van der Waals surface area contributed by atoms with Crippen LogP contribution in [0.25, 0.3) is 0 Å². The molecule has 2 aromatic rings. The number of benzene rings is 1. The fraction of sp³-hybridized carbons (Fsp3) is 0.421. The van der Waals surface area contributed by atoms with Crippen molar-refractivity contribution in [1.29, 1.82) is 0 Å². The van der Waals surface area contributed by atoms with Crippen molar-refractivity contribution in [1.82, 2.24) is 4.90 Å². The average molecular weight is 378 g/mol. The molecule has 0 saturated heterocycles. The Kier molecular flexibility index (Phi) is 6.61. The van der Waals surface area contributed by atoms with Crippen LogP contribution in [-0.2, 0) is 15.6 Å². The highest BCUT2D eigenvalue weighted by Gasteiger charge is 2.24. The molecule has 1 atom stereocenters. The number of furan rings is 1. The summed E-state index contributed by atoms with van der Waals surface area (Å²) >= 11 is 0. The third-order valence-corrected chi connectivity index (χ3v) is 6.07. The third kappa shape index (κ3) is 4.95. The van der Waals surface area contributed by atoms with E-state index < -0.39 is 9.84 Å². The lowest BCUT2D eigenvalue weighted by Gasteiger charge is -2.21. The molecule has 6 nitrogen and oxygen atoms in total. The summed E-state index contributed by atoms with van der Waals surface area (Å²) in [4.78, 5) is 14.4. The van der Waals surface area contributed by atoms with Gasteiger partial charge in [-0.25, -0.2) is 8.42 Å². The van der Waals surface area contributed by atoms with Gasteiger partial charge in [0.15, 0.2) is 15.6 Å². The lowest BCUT2D eigenvalue weighted by molar-refractivity contribution is 0.0756. The van der Waals surface area contributed by atoms with E-state index in [-0.39, 0.29) is 28.4 Å². The zero-order valence-electron chi connectivity index (χ0n) is 15.4. The summed E-state index contributed by atoms with van der Waals surface area (Å²) in [6.07, 6.45) is 2.01. The maximum atomic E-state index is 12.6. The van der Waals surface area contributed by atoms with E-state index in [9.17, 15) is 13.2 Å². The van der Waals surface area contributed by atoms with E-state index >= 15 is 0 Å². The lowest BCUT2D eigenvalue weighted by atomic mass is 10.0. The summed E-state index contributed by atoms with van der Waals surface area (Å²) in [5, 5.41) is 0. The number of hydrogen-bond acceptors (Lipinski definition) is 5. The van der Waals surface area contributed by atoms with E-state index in [0.717, 1.165) is 0 Å². The summed E-state index contributed by atoms with van der Waals surface area (Å²) in [7, 11) is -1.89. The van der Waals surface area contributed by atoms with E-state index in [0.29, 0.717) is 24.4 Å². The molecule has 0 aliphatic heterocycles. The molecule has 0 saturated carbocycles. The lowest BCUT2D eigenvalue weighted by Crippen LogP contribution is -2.34. The first-order valence-corrected chi connectivity index (χ1v) is 10.2. The van der Waals surface area contributed by atoms with Crippen molar-refractivity contribution in [2.75, 3.05) is 13.6 Å². The van der Waals surface area contributed by atoms with Crippen LogP contribution < -0.4 is 5.73 Å². The zero-order chi connectivity index (χ0) is 19.3. The van der Waals surface area contributed by atoms with Gasteiger partial charge in [0.25, 0.3) is 5.91 Å². The van der Waals surface area contributed by atoms with Crippen LogP contribution >= 0.6 is 0 Å². The van der Waals surface area contributed by atoms with Crippen molar-refractivity contribution >= 4 is 15.7 Å². The second-order valence-corrected chi connectivity index (χ2v) is 8.76. The topological polar surface area (TPSA) is 93.6 Å². The highest BCUT2D eigenvalue weighted by molar-refractivity contribution is 7.90. The SMILES string of the molecule is CC(C)C(N)CCN(C)C(=O)c1occc1CS(=O)(=O)c1ccccc1. The van der Waals surface area contributed by atoms with Crippen LogP contribution in [-0.4, -0.2) is 38.9 Å². The average Bonchev–Trinajstić information content (AvgIpc) is 3.06. The standard InChI is InChI=1S/C19H26N2O4S/c1-14(2)17(20)9-11-21(3)19(22)18-15(10-12-25-18)13-26(23,24)16-7-5-4-6-8-16/h4-8,10,12,14,17H,9,11,13,20H2,1-3H3. The summed E-state index contributed by atoms with van der Waals surface area (Å²) in [6.45, 7) is 4.54. The van der Waals surface area contributed by atoms with Crippen molar-refractivity contribution in [2.24, 2.45) is 11.7 Å². The number of carbonyl (C=O) groups excluding carboxylic acids is 1. The van der Waals surface area contributed by atoms with Gasteiger partial charge in [-0.1, -0.05) is 32.0 Å². The quantitative estimate of drug-likeness (QED) is 0.762. The molecule has 7 heteroatoms. The molecule has 1 aromatic heterocycles. The first-order chi connectivity index (χ1) is 12.2. The number of nitrogens with zero attached hydrogens (tertiary/aromatic N) is 1. The second-order valence-electron chi connectivity index (χ2n) is 6.77. The van der Waals surface area contributed by atoms with Gasteiger partial charge in [0.2, 0.25) is 0 Å². The monoisotopic (exact) mass is 378 g/mol. The van der Waals surface area contributed by atoms with Gasteiger partial charge in [0, 0.05) is 25.2 Å². The molecule has 0 aliphatic rings. The predicted octanol–water partition coefficient (Wildman–Crippen LogP) is 2.70. The van der Waals surface area contributed by atoms with E-state index in [4.69, 9.17) is 10.2 Å². The Bertz CT molecular complexity index is 828. The van der Waals surface area contributed by atoms with Crippen molar-refractivity contribution in [3.63, 3.8) is 0 Å². The van der Waals surface area contributed by atoms with Crippen molar-refractivity contribution in [3.8, 4) is 0 Å². The van der Waals surface area contributed by atoms with E-state index in [1.165, 1.54) is 29.4 Å². The highest BCUT2D eigenvalue weighted by atomic mass is 32.2. The molecule has 2 N–H and O–H groups in total. The molecule has 1 aromatic carbocycles. The fourth-order valence-corrected chi connectivity index (χ4v) is 3.88. The maximum Gasteiger partial charge on any atom is 0.289 e. The molecular formula is C19H26N2O4S. The van der Waals surface area contributed by atoms with Gasteiger partial charge in [-0.05, 0) is 30.5 Å². The molecule has 0 radical (unpaired) electrons. The Morgan fingerprint density at radius 2 is 1.85 bits per heavy atom. The minimum absolute atomic E-state index is 0.000204. The van der Waals surface area contributed by atoms with Crippen LogP contribution in [0.5, 0.6) is 0 Å². The van der Waals surface area contributed by atoms with E-state index in [1.807, 2.05) is 13.8 Å². The molecular weight excluding hydrogens is 352 g/mol. The summed E-state index contributed by atoms with van der Waals surface area (Å²) in [5.74, 6) is -0.239. The van der Waals surface area contributed by atoms with Gasteiger partial charge >= 0.3 is 0 Å². The van der Waals surface area contributed by atoms with Crippen molar-refractivity contribution in [2.45, 2.75) is 37.0 Å². The van der Waals surface area contributed by atoms with Gasteiger partial charge in [-0.3, -0.25) is 4.79 Å². The Labute approximate surface area is 154 Å². The molecule has 1 heterocycles. The molecule has 0 bridgehead atoms. The predicted molar refractivity (Wildman–Crippen MR) is 100 cm³/mol. The Hall–Kier alpha value is -2.12. The van der Waals surface area contributed by atoms with Crippen LogP contribution in [0, 0.1) is 5.92 Å². The van der Waals surface area contributed by atoms with Crippen LogP contribution in [0.2, 0.25) is 0 Å². The fourth-order valence-electron chi connectivity index (χ4n) is 2.50. The molecule has 0 fully saturated rings. The Morgan fingerprint density at radius 3 is 2.46 bits per heavy atom. The van der Waals surface area contributed by atoms with Crippen LogP contribution in [0.4, 0.5) is 0 Å². The number of carbonyl (C=O) groups is 1. The van der Waals surface area contributed by atoms with Gasteiger partial charge in [-0.15, -0.1) is 0 Å². The highest BCUT2D eigenvalue weighted by Crippen LogP contribution is 2.21.